The van der Waals surface area contributed by atoms with E-state index in [2.05, 4.69) is 0 Å². The second kappa shape index (κ2) is 5.55. The molecule has 72 valence electrons. The number of rotatable bonds is 3. The molecule has 1 aliphatic rings. The zero-order chi connectivity index (χ0) is 8.81. The van der Waals surface area contributed by atoms with Crippen molar-refractivity contribution in [3.8, 4) is 0 Å². The molecule has 1 fully saturated rings. The lowest BCUT2D eigenvalue weighted by atomic mass is 9.93. The fourth-order valence-electron chi connectivity index (χ4n) is 2.10. The number of nitrogens with two attached hydrogens (primary N) is 1. The predicted octanol–water partition coefficient (Wildman–Crippen LogP) is 1.67. The van der Waals surface area contributed by atoms with Crippen molar-refractivity contribution in [2.24, 2.45) is 11.7 Å². The summed E-state index contributed by atoms with van der Waals surface area (Å²) >= 11 is 0. The number of aliphatic hydroxyl groups is 1. The Labute approximate surface area is 75.2 Å². The fourth-order valence-corrected chi connectivity index (χ4v) is 2.10. The molecule has 2 nitrogen and oxygen atoms in total. The van der Waals surface area contributed by atoms with Gasteiger partial charge >= 0.3 is 0 Å². The molecule has 0 radical (unpaired) electrons. The molecule has 0 aliphatic heterocycles. The third-order valence-electron chi connectivity index (χ3n) is 2.85. The zero-order valence-corrected chi connectivity index (χ0v) is 7.84. The van der Waals surface area contributed by atoms with Crippen LogP contribution in [0, 0.1) is 5.92 Å². The molecule has 0 aromatic rings. The predicted molar refractivity (Wildman–Crippen MR) is 50.9 cm³/mol. The first-order chi connectivity index (χ1) is 5.83. The van der Waals surface area contributed by atoms with Gasteiger partial charge in [0.25, 0.3) is 0 Å². The van der Waals surface area contributed by atoms with Gasteiger partial charge in [0, 0.05) is 6.04 Å². The van der Waals surface area contributed by atoms with Crippen LogP contribution < -0.4 is 5.73 Å². The van der Waals surface area contributed by atoms with E-state index < -0.39 is 0 Å². The van der Waals surface area contributed by atoms with Crippen molar-refractivity contribution >= 4 is 0 Å². The van der Waals surface area contributed by atoms with Gasteiger partial charge < -0.3 is 10.8 Å². The SMILES string of the molecule is NC(CO)CC1CCCCCC1. The van der Waals surface area contributed by atoms with Crippen molar-refractivity contribution in [2.45, 2.75) is 51.0 Å². The van der Waals surface area contributed by atoms with Crippen molar-refractivity contribution < 1.29 is 5.11 Å². The van der Waals surface area contributed by atoms with Gasteiger partial charge in [-0.05, 0) is 12.3 Å². The maximum atomic E-state index is 8.81. The molecular formula is C10H21NO. The molecule has 1 unspecified atom stereocenters. The summed E-state index contributed by atoms with van der Waals surface area (Å²) in [6, 6.07) is 0.0214. The molecule has 0 aromatic heterocycles. The summed E-state index contributed by atoms with van der Waals surface area (Å²) in [5, 5.41) is 8.81. The van der Waals surface area contributed by atoms with Crippen molar-refractivity contribution in [1.29, 1.82) is 0 Å². The summed E-state index contributed by atoms with van der Waals surface area (Å²) in [5.74, 6) is 0.787. The van der Waals surface area contributed by atoms with Crippen LogP contribution in [0.4, 0.5) is 0 Å². The Balaban J connectivity index is 2.20. The van der Waals surface area contributed by atoms with E-state index in [4.69, 9.17) is 10.8 Å². The van der Waals surface area contributed by atoms with Gasteiger partial charge in [-0.2, -0.15) is 0 Å². The Morgan fingerprint density at radius 3 is 2.25 bits per heavy atom. The highest BCUT2D eigenvalue weighted by Crippen LogP contribution is 2.25. The lowest BCUT2D eigenvalue weighted by molar-refractivity contribution is 0.239. The molecule has 2 heteroatoms. The largest absolute Gasteiger partial charge is 0.395 e. The highest BCUT2D eigenvalue weighted by atomic mass is 16.3. The van der Waals surface area contributed by atoms with Crippen LogP contribution in [0.15, 0.2) is 0 Å². The van der Waals surface area contributed by atoms with Gasteiger partial charge in [0.1, 0.15) is 0 Å². The Bertz CT molecular complexity index is 108. The molecule has 0 heterocycles. The van der Waals surface area contributed by atoms with E-state index in [9.17, 15) is 0 Å². The van der Waals surface area contributed by atoms with Crippen molar-refractivity contribution in [3.63, 3.8) is 0 Å². The Hall–Kier alpha value is -0.0800. The summed E-state index contributed by atoms with van der Waals surface area (Å²) in [7, 11) is 0. The molecule has 1 aliphatic carbocycles. The average Bonchev–Trinajstić information content (AvgIpc) is 2.33. The molecule has 0 spiro atoms. The molecule has 0 amide bonds. The molecule has 3 N–H and O–H groups in total. The maximum absolute atomic E-state index is 8.81. The van der Waals surface area contributed by atoms with Crippen LogP contribution in [0.3, 0.4) is 0 Å². The average molecular weight is 171 g/mol. The molecule has 0 aromatic carbocycles. The topological polar surface area (TPSA) is 46.2 Å². The smallest absolute Gasteiger partial charge is 0.0582 e. The minimum absolute atomic E-state index is 0.0214. The molecule has 12 heavy (non-hydrogen) atoms. The third-order valence-corrected chi connectivity index (χ3v) is 2.85. The maximum Gasteiger partial charge on any atom is 0.0582 e. The third kappa shape index (κ3) is 3.55. The highest BCUT2D eigenvalue weighted by molar-refractivity contribution is 4.70. The Morgan fingerprint density at radius 2 is 1.75 bits per heavy atom. The first-order valence-corrected chi connectivity index (χ1v) is 5.19. The van der Waals surface area contributed by atoms with E-state index in [-0.39, 0.29) is 12.6 Å². The second-order valence-electron chi connectivity index (χ2n) is 4.04. The standard InChI is InChI=1S/C10H21NO/c11-10(8-12)7-9-5-3-1-2-4-6-9/h9-10,12H,1-8,11H2. The van der Waals surface area contributed by atoms with Gasteiger partial charge in [-0.25, -0.2) is 0 Å². The van der Waals surface area contributed by atoms with Crippen LogP contribution in [0.5, 0.6) is 0 Å². The van der Waals surface area contributed by atoms with Crippen LogP contribution in [-0.4, -0.2) is 17.8 Å². The minimum atomic E-state index is 0.0214. The molecule has 1 atom stereocenters. The van der Waals surface area contributed by atoms with E-state index >= 15 is 0 Å². The normalized spacial score (nSPS) is 23.5. The van der Waals surface area contributed by atoms with Gasteiger partial charge in [0.15, 0.2) is 0 Å². The molecule has 1 saturated carbocycles. The van der Waals surface area contributed by atoms with Crippen LogP contribution in [0.1, 0.15) is 44.9 Å². The number of hydrogen-bond acceptors (Lipinski definition) is 2. The summed E-state index contributed by atoms with van der Waals surface area (Å²) < 4.78 is 0. The van der Waals surface area contributed by atoms with Crippen LogP contribution in [-0.2, 0) is 0 Å². The first-order valence-electron chi connectivity index (χ1n) is 5.19. The first kappa shape index (κ1) is 10.0. The van der Waals surface area contributed by atoms with Crippen LogP contribution >= 0.6 is 0 Å². The minimum Gasteiger partial charge on any atom is -0.395 e. The van der Waals surface area contributed by atoms with E-state index in [1.807, 2.05) is 0 Å². The molecule has 0 bridgehead atoms. The lowest BCUT2D eigenvalue weighted by Crippen LogP contribution is -2.27. The second-order valence-corrected chi connectivity index (χ2v) is 4.04. The van der Waals surface area contributed by atoms with E-state index in [0.29, 0.717) is 0 Å². The molecule has 1 rings (SSSR count). The zero-order valence-electron chi connectivity index (χ0n) is 7.84. The van der Waals surface area contributed by atoms with Crippen LogP contribution in [0.2, 0.25) is 0 Å². The Morgan fingerprint density at radius 1 is 1.17 bits per heavy atom. The monoisotopic (exact) mass is 171 g/mol. The summed E-state index contributed by atoms with van der Waals surface area (Å²) in [6.07, 6.45) is 9.19. The quantitative estimate of drug-likeness (QED) is 0.634. The summed E-state index contributed by atoms with van der Waals surface area (Å²) in [4.78, 5) is 0. The summed E-state index contributed by atoms with van der Waals surface area (Å²) in [6.45, 7) is 0.149. The van der Waals surface area contributed by atoms with Crippen molar-refractivity contribution in [3.05, 3.63) is 0 Å². The molecular weight excluding hydrogens is 150 g/mol. The fraction of sp³-hybridized carbons (Fsp3) is 1.00. The van der Waals surface area contributed by atoms with Gasteiger partial charge in [-0.1, -0.05) is 38.5 Å². The number of hydrogen-bond donors (Lipinski definition) is 2. The van der Waals surface area contributed by atoms with Gasteiger partial charge in [-0.3, -0.25) is 0 Å². The van der Waals surface area contributed by atoms with Gasteiger partial charge in [0.05, 0.1) is 6.61 Å². The van der Waals surface area contributed by atoms with E-state index in [1.165, 1.54) is 38.5 Å². The van der Waals surface area contributed by atoms with Crippen molar-refractivity contribution in [1.82, 2.24) is 0 Å². The summed E-state index contributed by atoms with van der Waals surface area (Å²) in [5.41, 5.74) is 5.70. The number of aliphatic hydroxyl groups excluding tert-OH is 1. The van der Waals surface area contributed by atoms with E-state index in [1.54, 1.807) is 0 Å². The van der Waals surface area contributed by atoms with Gasteiger partial charge in [0.2, 0.25) is 0 Å². The lowest BCUT2D eigenvalue weighted by Gasteiger charge is -2.17. The highest BCUT2D eigenvalue weighted by Gasteiger charge is 2.14. The van der Waals surface area contributed by atoms with Gasteiger partial charge in [-0.15, -0.1) is 0 Å². The van der Waals surface area contributed by atoms with Crippen LogP contribution in [0.25, 0.3) is 0 Å². The Kier molecular flexibility index (Phi) is 4.62. The van der Waals surface area contributed by atoms with E-state index in [0.717, 1.165) is 12.3 Å². The molecule has 0 saturated heterocycles. The van der Waals surface area contributed by atoms with Crippen molar-refractivity contribution in [2.75, 3.05) is 6.61 Å².